The van der Waals surface area contributed by atoms with E-state index in [1.807, 2.05) is 0 Å². The zero-order valence-electron chi connectivity index (χ0n) is 9.77. The number of carbonyl (C=O) groups is 2. The van der Waals surface area contributed by atoms with Crippen LogP contribution in [0.5, 0.6) is 5.75 Å². The van der Waals surface area contributed by atoms with Gasteiger partial charge in [0.15, 0.2) is 5.78 Å². The van der Waals surface area contributed by atoms with E-state index >= 15 is 0 Å². The van der Waals surface area contributed by atoms with Crippen molar-refractivity contribution in [1.29, 1.82) is 0 Å². The van der Waals surface area contributed by atoms with Gasteiger partial charge in [-0.2, -0.15) is 0 Å². The Morgan fingerprint density at radius 2 is 2.12 bits per heavy atom. The summed E-state index contributed by atoms with van der Waals surface area (Å²) < 4.78 is 5.05. The minimum Gasteiger partial charge on any atom is -0.497 e. The number of carboxylic acid groups (broad SMARTS) is 1. The van der Waals surface area contributed by atoms with Crippen LogP contribution in [0.25, 0.3) is 6.08 Å². The first-order valence-corrected chi connectivity index (χ1v) is 5.10. The molecule has 0 atom stereocenters. The molecule has 0 saturated heterocycles. The van der Waals surface area contributed by atoms with E-state index in [-0.39, 0.29) is 17.8 Å². The SMILES string of the molecule is COc1cccc(/C=C(\CC(=O)O)C(C)=O)c1. The first-order valence-electron chi connectivity index (χ1n) is 5.10. The molecule has 0 saturated carbocycles. The second-order valence-corrected chi connectivity index (χ2v) is 3.57. The van der Waals surface area contributed by atoms with Gasteiger partial charge in [-0.15, -0.1) is 0 Å². The molecule has 0 aromatic heterocycles. The molecule has 1 aromatic rings. The molecule has 0 radical (unpaired) electrons. The van der Waals surface area contributed by atoms with Gasteiger partial charge in [-0.05, 0) is 30.7 Å². The van der Waals surface area contributed by atoms with Gasteiger partial charge >= 0.3 is 5.97 Å². The Labute approximate surface area is 99.5 Å². The summed E-state index contributed by atoms with van der Waals surface area (Å²) in [6.07, 6.45) is 1.30. The normalized spacial score (nSPS) is 11.1. The Morgan fingerprint density at radius 1 is 1.41 bits per heavy atom. The lowest BCUT2D eigenvalue weighted by Crippen LogP contribution is -2.04. The number of carbonyl (C=O) groups excluding carboxylic acids is 1. The summed E-state index contributed by atoms with van der Waals surface area (Å²) in [5, 5.41) is 8.69. The van der Waals surface area contributed by atoms with E-state index in [0.717, 1.165) is 5.56 Å². The lowest BCUT2D eigenvalue weighted by Gasteiger charge is -2.03. The molecular formula is C13H14O4. The average Bonchev–Trinajstić information content (AvgIpc) is 2.27. The number of ether oxygens (including phenoxy) is 1. The molecule has 4 heteroatoms. The van der Waals surface area contributed by atoms with Crippen molar-refractivity contribution in [2.45, 2.75) is 13.3 Å². The van der Waals surface area contributed by atoms with E-state index in [4.69, 9.17) is 9.84 Å². The average molecular weight is 234 g/mol. The van der Waals surface area contributed by atoms with Gasteiger partial charge in [-0.25, -0.2) is 0 Å². The van der Waals surface area contributed by atoms with Crippen LogP contribution in [-0.4, -0.2) is 24.0 Å². The van der Waals surface area contributed by atoms with Crippen molar-refractivity contribution >= 4 is 17.8 Å². The van der Waals surface area contributed by atoms with Crippen molar-refractivity contribution in [3.63, 3.8) is 0 Å². The second kappa shape index (κ2) is 5.84. The van der Waals surface area contributed by atoms with E-state index in [1.54, 1.807) is 37.5 Å². The Hall–Kier alpha value is -2.10. The molecule has 0 aliphatic rings. The zero-order chi connectivity index (χ0) is 12.8. The molecular weight excluding hydrogens is 220 g/mol. The number of hydrogen-bond donors (Lipinski definition) is 1. The molecule has 0 aliphatic carbocycles. The minimum absolute atomic E-state index is 0.241. The van der Waals surface area contributed by atoms with Crippen LogP contribution < -0.4 is 4.74 Å². The van der Waals surface area contributed by atoms with Gasteiger partial charge in [-0.3, -0.25) is 9.59 Å². The summed E-state index contributed by atoms with van der Waals surface area (Å²) in [6, 6.07) is 7.09. The zero-order valence-corrected chi connectivity index (χ0v) is 9.77. The third-order valence-corrected chi connectivity index (χ3v) is 2.23. The Morgan fingerprint density at radius 3 is 2.65 bits per heavy atom. The lowest BCUT2D eigenvalue weighted by molar-refractivity contribution is -0.136. The molecule has 0 bridgehead atoms. The highest BCUT2D eigenvalue weighted by Gasteiger charge is 2.09. The molecule has 1 aromatic carbocycles. The van der Waals surface area contributed by atoms with Gasteiger partial charge < -0.3 is 9.84 Å². The number of methoxy groups -OCH3 is 1. The molecule has 0 aliphatic heterocycles. The maximum atomic E-state index is 11.3. The maximum Gasteiger partial charge on any atom is 0.307 e. The van der Waals surface area contributed by atoms with Crippen LogP contribution in [0.2, 0.25) is 0 Å². The van der Waals surface area contributed by atoms with Gasteiger partial charge in [0.05, 0.1) is 13.5 Å². The van der Waals surface area contributed by atoms with E-state index in [1.165, 1.54) is 6.92 Å². The van der Waals surface area contributed by atoms with Crippen LogP contribution in [0.3, 0.4) is 0 Å². The van der Waals surface area contributed by atoms with Crippen LogP contribution in [-0.2, 0) is 9.59 Å². The number of benzene rings is 1. The number of rotatable bonds is 5. The minimum atomic E-state index is -1.02. The van der Waals surface area contributed by atoms with Crippen molar-refractivity contribution in [3.05, 3.63) is 35.4 Å². The largest absolute Gasteiger partial charge is 0.497 e. The maximum absolute atomic E-state index is 11.3. The van der Waals surface area contributed by atoms with Crippen LogP contribution in [0.1, 0.15) is 18.9 Å². The third kappa shape index (κ3) is 4.10. The number of hydrogen-bond acceptors (Lipinski definition) is 3. The summed E-state index contributed by atoms with van der Waals surface area (Å²) in [5.74, 6) is -0.596. The van der Waals surface area contributed by atoms with Crippen molar-refractivity contribution < 1.29 is 19.4 Å². The molecule has 0 fully saturated rings. The van der Waals surface area contributed by atoms with Crippen molar-refractivity contribution in [1.82, 2.24) is 0 Å². The molecule has 90 valence electrons. The van der Waals surface area contributed by atoms with Crippen LogP contribution in [0.4, 0.5) is 0 Å². The van der Waals surface area contributed by atoms with Crippen LogP contribution >= 0.6 is 0 Å². The topological polar surface area (TPSA) is 63.6 Å². The summed E-state index contributed by atoms with van der Waals surface area (Å²) >= 11 is 0. The van der Waals surface area contributed by atoms with Crippen LogP contribution in [0, 0.1) is 0 Å². The van der Waals surface area contributed by atoms with E-state index < -0.39 is 5.97 Å². The highest BCUT2D eigenvalue weighted by Crippen LogP contribution is 2.16. The van der Waals surface area contributed by atoms with Gasteiger partial charge in [0.1, 0.15) is 5.75 Å². The first kappa shape index (κ1) is 13.0. The first-order chi connectivity index (χ1) is 8.02. The van der Waals surface area contributed by atoms with Crippen molar-refractivity contribution in [3.8, 4) is 5.75 Å². The van der Waals surface area contributed by atoms with Crippen molar-refractivity contribution in [2.75, 3.05) is 7.11 Å². The number of carboxylic acids is 1. The molecule has 17 heavy (non-hydrogen) atoms. The van der Waals surface area contributed by atoms with Crippen LogP contribution in [0.15, 0.2) is 29.8 Å². The monoisotopic (exact) mass is 234 g/mol. The summed E-state index contributed by atoms with van der Waals surface area (Å²) in [6.45, 7) is 1.36. The number of ketones is 1. The fraction of sp³-hybridized carbons (Fsp3) is 0.231. The number of Topliss-reactive ketones (excluding diaryl/α,β-unsaturated/α-hetero) is 1. The highest BCUT2D eigenvalue weighted by atomic mass is 16.5. The molecule has 0 unspecified atom stereocenters. The Balaban J connectivity index is 3.03. The van der Waals surface area contributed by atoms with E-state index in [2.05, 4.69) is 0 Å². The molecule has 1 rings (SSSR count). The lowest BCUT2D eigenvalue weighted by atomic mass is 10.0. The van der Waals surface area contributed by atoms with Gasteiger partial charge in [0.25, 0.3) is 0 Å². The third-order valence-electron chi connectivity index (χ3n) is 2.23. The summed E-state index contributed by atoms with van der Waals surface area (Å²) in [5.41, 5.74) is 1.02. The fourth-order valence-corrected chi connectivity index (χ4v) is 1.37. The molecule has 0 heterocycles. The quantitative estimate of drug-likeness (QED) is 0.793. The van der Waals surface area contributed by atoms with Crippen molar-refractivity contribution in [2.24, 2.45) is 0 Å². The molecule has 4 nitrogen and oxygen atoms in total. The smallest absolute Gasteiger partial charge is 0.307 e. The predicted octanol–water partition coefficient (Wildman–Crippen LogP) is 2.14. The summed E-state index contributed by atoms with van der Waals surface area (Å²) in [7, 11) is 1.55. The summed E-state index contributed by atoms with van der Waals surface area (Å²) in [4.78, 5) is 21.9. The van der Waals surface area contributed by atoms with Gasteiger partial charge in [0, 0.05) is 5.57 Å². The number of aliphatic carboxylic acids is 1. The fourth-order valence-electron chi connectivity index (χ4n) is 1.37. The molecule has 0 spiro atoms. The van der Waals surface area contributed by atoms with E-state index in [9.17, 15) is 9.59 Å². The Bertz CT molecular complexity index is 460. The second-order valence-electron chi connectivity index (χ2n) is 3.57. The highest BCUT2D eigenvalue weighted by molar-refractivity contribution is 6.01. The standard InChI is InChI=1S/C13H14O4/c1-9(14)11(8-13(15)16)6-10-4-3-5-12(7-10)17-2/h3-7H,8H2,1-2H3,(H,15,16)/b11-6+. The van der Waals surface area contributed by atoms with Gasteiger partial charge in [-0.1, -0.05) is 12.1 Å². The molecule has 0 amide bonds. The molecule has 1 N–H and O–H groups in total. The Kier molecular flexibility index (Phi) is 4.46. The van der Waals surface area contributed by atoms with E-state index in [0.29, 0.717) is 5.75 Å². The van der Waals surface area contributed by atoms with Gasteiger partial charge in [0.2, 0.25) is 0 Å². The predicted molar refractivity (Wildman–Crippen MR) is 63.9 cm³/mol.